The van der Waals surface area contributed by atoms with Crippen molar-refractivity contribution >= 4 is 27.8 Å². The molecule has 2 N–H and O–H groups in total. The zero-order valence-electron chi connectivity index (χ0n) is 24.2. The maximum Gasteiger partial charge on any atom is 0.144 e. The molecule has 1 aliphatic rings. The van der Waals surface area contributed by atoms with E-state index >= 15 is 0 Å². The zero-order chi connectivity index (χ0) is 28.0. The van der Waals surface area contributed by atoms with Crippen molar-refractivity contribution in [3.8, 4) is 16.9 Å². The van der Waals surface area contributed by atoms with E-state index in [1.807, 2.05) is 20.8 Å². The van der Waals surface area contributed by atoms with Gasteiger partial charge in [-0.25, -0.2) is 9.97 Å². The SMILES string of the molecule is COc1cc2c(cc1-c1c(C)noc1C)[nH]c1nc(C)nc(NC(C[N+]3(C)CCN(C)CC3)c3ccccc3)c12. The van der Waals surface area contributed by atoms with Crippen LogP contribution in [0.2, 0.25) is 0 Å². The molecule has 0 aliphatic carbocycles. The largest absolute Gasteiger partial charge is 0.496 e. The Hall–Kier alpha value is -3.95. The van der Waals surface area contributed by atoms with Gasteiger partial charge in [-0.3, -0.25) is 4.90 Å². The number of likely N-dealkylation sites (N-methyl/N-ethyl adjacent to an activating group) is 2. The molecule has 6 rings (SSSR count). The highest BCUT2D eigenvalue weighted by molar-refractivity contribution is 6.12. The quantitative estimate of drug-likeness (QED) is 0.273. The Morgan fingerprint density at radius 3 is 2.52 bits per heavy atom. The number of quaternary nitrogens is 1. The highest BCUT2D eigenvalue weighted by atomic mass is 16.5. The molecule has 1 saturated heterocycles. The molecule has 40 heavy (non-hydrogen) atoms. The number of aromatic amines is 1. The average Bonchev–Trinajstić information content (AvgIpc) is 3.47. The molecular formula is C31H38N7O2+. The van der Waals surface area contributed by atoms with E-state index in [4.69, 9.17) is 19.2 Å². The number of fused-ring (bicyclic) bond motifs is 3. The van der Waals surface area contributed by atoms with E-state index in [0.717, 1.165) is 93.3 Å². The average molecular weight is 541 g/mol. The summed E-state index contributed by atoms with van der Waals surface area (Å²) in [7, 11) is 6.28. The number of nitrogens with zero attached hydrogens (tertiary/aromatic N) is 5. The second-order valence-electron chi connectivity index (χ2n) is 11.4. The van der Waals surface area contributed by atoms with Crippen LogP contribution in [0.25, 0.3) is 33.1 Å². The molecule has 2 aromatic carbocycles. The van der Waals surface area contributed by atoms with Crippen LogP contribution in [0.15, 0.2) is 47.0 Å². The van der Waals surface area contributed by atoms with Crippen LogP contribution in [0.3, 0.4) is 0 Å². The predicted molar refractivity (Wildman–Crippen MR) is 159 cm³/mol. The fourth-order valence-corrected chi connectivity index (χ4v) is 6.03. The summed E-state index contributed by atoms with van der Waals surface area (Å²) in [5.74, 6) is 3.06. The molecule has 5 aromatic rings. The molecule has 1 atom stereocenters. The summed E-state index contributed by atoms with van der Waals surface area (Å²) in [5, 5.41) is 10.0. The van der Waals surface area contributed by atoms with E-state index in [1.54, 1.807) is 7.11 Å². The van der Waals surface area contributed by atoms with Crippen LogP contribution in [-0.2, 0) is 0 Å². The summed E-state index contributed by atoms with van der Waals surface area (Å²) in [5.41, 5.74) is 5.73. The van der Waals surface area contributed by atoms with Crippen LogP contribution in [0.5, 0.6) is 5.75 Å². The summed E-state index contributed by atoms with van der Waals surface area (Å²) in [4.78, 5) is 15.7. The number of aromatic nitrogens is 4. The van der Waals surface area contributed by atoms with Gasteiger partial charge in [0.25, 0.3) is 0 Å². The predicted octanol–water partition coefficient (Wildman–Crippen LogP) is 5.25. The second-order valence-corrected chi connectivity index (χ2v) is 11.4. The lowest BCUT2D eigenvalue weighted by molar-refractivity contribution is -0.914. The first-order valence-electron chi connectivity index (χ1n) is 13.9. The van der Waals surface area contributed by atoms with Gasteiger partial charge in [0.1, 0.15) is 41.4 Å². The molecule has 1 aliphatic heterocycles. The lowest BCUT2D eigenvalue weighted by atomic mass is 10.0. The Morgan fingerprint density at radius 1 is 1.10 bits per heavy atom. The standard InChI is InChI=1S/C31H38N7O2/c1-19-28(20(2)40-36-19)24-16-25-23(17-27(24)39-6)29-30(34-25)32-21(3)33-31(29)35-26(22-10-8-7-9-11-22)18-38(5)14-12-37(4)13-15-38/h7-11,16-17,26H,12-15,18H2,1-6H3,(H2,32,33,34,35)/q+1. The van der Waals surface area contributed by atoms with Crippen molar-refractivity contribution in [1.82, 2.24) is 25.0 Å². The van der Waals surface area contributed by atoms with Gasteiger partial charge in [0, 0.05) is 29.6 Å². The number of H-pyrrole nitrogens is 1. The van der Waals surface area contributed by atoms with E-state index in [-0.39, 0.29) is 6.04 Å². The van der Waals surface area contributed by atoms with Crippen LogP contribution in [0.4, 0.5) is 5.82 Å². The minimum absolute atomic E-state index is 0.0838. The molecule has 0 saturated carbocycles. The highest BCUT2D eigenvalue weighted by Gasteiger charge is 2.32. The molecule has 3 aromatic heterocycles. The number of nitrogens with one attached hydrogen (secondary N) is 2. The van der Waals surface area contributed by atoms with Gasteiger partial charge >= 0.3 is 0 Å². The van der Waals surface area contributed by atoms with Gasteiger partial charge < -0.3 is 24.0 Å². The fraction of sp³-hybridized carbons (Fsp3) is 0.387. The van der Waals surface area contributed by atoms with Gasteiger partial charge in [-0.2, -0.15) is 0 Å². The molecule has 1 unspecified atom stereocenters. The molecule has 0 spiro atoms. The lowest BCUT2D eigenvalue weighted by Crippen LogP contribution is -2.58. The van der Waals surface area contributed by atoms with E-state index in [0.29, 0.717) is 5.82 Å². The molecule has 4 heterocycles. The Morgan fingerprint density at radius 2 is 1.85 bits per heavy atom. The number of rotatable bonds is 7. The molecule has 9 heteroatoms. The summed E-state index contributed by atoms with van der Waals surface area (Å²) in [6.45, 7) is 11.2. The first kappa shape index (κ1) is 26.3. The number of methoxy groups -OCH3 is 1. The van der Waals surface area contributed by atoms with Crippen LogP contribution in [-0.4, -0.2) is 83.4 Å². The fourth-order valence-electron chi connectivity index (χ4n) is 6.03. The Balaban J connectivity index is 1.47. The van der Waals surface area contributed by atoms with E-state index < -0.39 is 0 Å². The van der Waals surface area contributed by atoms with Crippen molar-refractivity contribution in [3.05, 3.63) is 65.3 Å². The Bertz CT molecular complexity index is 1650. The number of anilines is 1. The second kappa shape index (κ2) is 10.2. The molecule has 9 nitrogen and oxygen atoms in total. The van der Waals surface area contributed by atoms with Crippen LogP contribution < -0.4 is 10.1 Å². The Kier molecular flexibility index (Phi) is 6.72. The molecule has 0 radical (unpaired) electrons. The maximum atomic E-state index is 5.89. The molecule has 0 amide bonds. The third kappa shape index (κ3) is 4.80. The first-order valence-corrected chi connectivity index (χ1v) is 13.9. The molecule has 0 bridgehead atoms. The number of hydrogen-bond donors (Lipinski definition) is 2. The van der Waals surface area contributed by atoms with E-state index in [1.165, 1.54) is 5.56 Å². The minimum Gasteiger partial charge on any atom is -0.496 e. The van der Waals surface area contributed by atoms with Gasteiger partial charge in [0.05, 0.1) is 43.9 Å². The van der Waals surface area contributed by atoms with Gasteiger partial charge in [0.15, 0.2) is 0 Å². The number of benzene rings is 2. The van der Waals surface area contributed by atoms with Crippen molar-refractivity contribution in [2.75, 3.05) is 59.2 Å². The molecular weight excluding hydrogens is 502 g/mol. The van der Waals surface area contributed by atoms with Gasteiger partial charge in [0.2, 0.25) is 0 Å². The number of ether oxygens (including phenoxy) is 1. The number of hydrogen-bond acceptors (Lipinski definition) is 7. The highest BCUT2D eigenvalue weighted by Crippen LogP contribution is 2.41. The minimum atomic E-state index is 0.0838. The van der Waals surface area contributed by atoms with Crippen molar-refractivity contribution in [3.63, 3.8) is 0 Å². The first-order chi connectivity index (χ1) is 19.2. The van der Waals surface area contributed by atoms with E-state index in [2.05, 4.69) is 76.9 Å². The van der Waals surface area contributed by atoms with Crippen LogP contribution in [0.1, 0.15) is 28.9 Å². The van der Waals surface area contributed by atoms with Crippen molar-refractivity contribution < 1.29 is 13.7 Å². The van der Waals surface area contributed by atoms with Crippen LogP contribution in [0, 0.1) is 20.8 Å². The smallest absolute Gasteiger partial charge is 0.144 e. The maximum absolute atomic E-state index is 5.89. The van der Waals surface area contributed by atoms with Crippen molar-refractivity contribution in [1.29, 1.82) is 0 Å². The topological polar surface area (TPSA) is 92.1 Å². The molecule has 208 valence electrons. The normalized spacial score (nSPS) is 16.4. The molecule has 1 fully saturated rings. The van der Waals surface area contributed by atoms with Crippen molar-refractivity contribution in [2.24, 2.45) is 0 Å². The Labute approximate surface area is 234 Å². The van der Waals surface area contributed by atoms with Gasteiger partial charge in [-0.05, 0) is 45.5 Å². The third-order valence-electron chi connectivity index (χ3n) is 8.36. The zero-order valence-corrected chi connectivity index (χ0v) is 24.2. The van der Waals surface area contributed by atoms with E-state index in [9.17, 15) is 0 Å². The summed E-state index contributed by atoms with van der Waals surface area (Å²) < 4.78 is 12.4. The third-order valence-corrected chi connectivity index (χ3v) is 8.36. The monoisotopic (exact) mass is 540 g/mol. The summed E-state index contributed by atoms with van der Waals surface area (Å²) >= 11 is 0. The lowest BCUT2D eigenvalue weighted by Gasteiger charge is -2.43. The number of aryl methyl sites for hydroxylation is 3. The van der Waals surface area contributed by atoms with Gasteiger partial charge in [-0.15, -0.1) is 0 Å². The van der Waals surface area contributed by atoms with Crippen LogP contribution >= 0.6 is 0 Å². The summed E-state index contributed by atoms with van der Waals surface area (Å²) in [6.07, 6.45) is 0. The van der Waals surface area contributed by atoms with Gasteiger partial charge in [-0.1, -0.05) is 35.5 Å². The van der Waals surface area contributed by atoms with Crippen molar-refractivity contribution in [2.45, 2.75) is 26.8 Å². The summed E-state index contributed by atoms with van der Waals surface area (Å²) in [6, 6.07) is 15.0. The number of piperazine rings is 1.